The summed E-state index contributed by atoms with van der Waals surface area (Å²) in [5.41, 5.74) is 2.88. The molecule has 0 aliphatic heterocycles. The molecule has 1 aromatic carbocycles. The van der Waals surface area contributed by atoms with Gasteiger partial charge in [0.15, 0.2) is 0 Å². The molecule has 1 atom stereocenters. The van der Waals surface area contributed by atoms with E-state index in [0.29, 0.717) is 6.04 Å². The highest BCUT2D eigenvalue weighted by molar-refractivity contribution is 6.30. The fraction of sp³-hybridized carbons (Fsp3) is 0.538. The molecule has 0 spiro atoms. The first-order chi connectivity index (χ1) is 7.31. The Bertz CT molecular complexity index is 335. The van der Waals surface area contributed by atoms with Crippen molar-refractivity contribution in [3.63, 3.8) is 0 Å². The van der Waals surface area contributed by atoms with Gasteiger partial charge in [-0.1, -0.05) is 31.0 Å². The number of benzene rings is 1. The maximum absolute atomic E-state index is 6.02. The van der Waals surface area contributed by atoms with Crippen LogP contribution in [0.5, 0.6) is 0 Å². The first-order valence-electron chi connectivity index (χ1n) is 5.83. The van der Waals surface area contributed by atoms with Crippen LogP contribution in [0.1, 0.15) is 43.4 Å². The van der Waals surface area contributed by atoms with Gasteiger partial charge in [-0.15, -0.1) is 0 Å². The highest BCUT2D eigenvalue weighted by Crippen LogP contribution is 2.32. The second-order valence-corrected chi connectivity index (χ2v) is 4.68. The molecule has 0 saturated heterocycles. The van der Waals surface area contributed by atoms with Crippen LogP contribution >= 0.6 is 11.6 Å². The molecule has 82 valence electrons. The van der Waals surface area contributed by atoms with Crippen LogP contribution in [0.4, 0.5) is 0 Å². The number of rotatable bonds is 4. The molecule has 1 aliphatic carbocycles. The summed E-state index contributed by atoms with van der Waals surface area (Å²) in [6.45, 7) is 3.34. The summed E-state index contributed by atoms with van der Waals surface area (Å²) in [4.78, 5) is 0. The maximum Gasteiger partial charge on any atom is 0.0409 e. The van der Waals surface area contributed by atoms with E-state index in [1.807, 2.05) is 6.07 Å². The van der Waals surface area contributed by atoms with E-state index >= 15 is 0 Å². The zero-order valence-corrected chi connectivity index (χ0v) is 9.98. The molecule has 0 heterocycles. The summed E-state index contributed by atoms with van der Waals surface area (Å²) in [7, 11) is 0. The van der Waals surface area contributed by atoms with Gasteiger partial charge in [0.2, 0.25) is 0 Å². The first kappa shape index (κ1) is 11.0. The van der Waals surface area contributed by atoms with Crippen molar-refractivity contribution in [3.05, 3.63) is 34.3 Å². The fourth-order valence-electron chi connectivity index (χ4n) is 2.24. The largest absolute Gasteiger partial charge is 0.310 e. The molecule has 0 fully saturated rings. The Balaban J connectivity index is 2.03. The number of hydrogen-bond donors (Lipinski definition) is 1. The standard InChI is InChI=1S/C13H18ClN/c1-2-3-8-15-13-7-5-10-4-6-11(14)9-12(10)13/h4,6,9,13,15H,2-3,5,7-8H2,1H3. The highest BCUT2D eigenvalue weighted by atomic mass is 35.5. The van der Waals surface area contributed by atoms with Crippen LogP contribution in [-0.2, 0) is 6.42 Å². The molecule has 0 saturated carbocycles. The van der Waals surface area contributed by atoms with Crippen LogP contribution in [0, 0.1) is 0 Å². The SMILES string of the molecule is CCCCNC1CCc2ccc(Cl)cc21. The van der Waals surface area contributed by atoms with Gasteiger partial charge in [-0.3, -0.25) is 0 Å². The van der Waals surface area contributed by atoms with E-state index in [-0.39, 0.29) is 0 Å². The predicted octanol–water partition coefficient (Wildman–Crippen LogP) is 3.72. The van der Waals surface area contributed by atoms with Gasteiger partial charge in [-0.05, 0) is 49.1 Å². The second kappa shape index (κ2) is 5.00. The predicted molar refractivity (Wildman–Crippen MR) is 65.4 cm³/mol. The topological polar surface area (TPSA) is 12.0 Å². The molecule has 1 unspecified atom stereocenters. The van der Waals surface area contributed by atoms with E-state index in [0.717, 1.165) is 11.6 Å². The Hall–Kier alpha value is -0.530. The Morgan fingerprint density at radius 1 is 1.47 bits per heavy atom. The van der Waals surface area contributed by atoms with Crippen molar-refractivity contribution in [2.24, 2.45) is 0 Å². The molecule has 1 aromatic rings. The quantitative estimate of drug-likeness (QED) is 0.768. The van der Waals surface area contributed by atoms with Crippen molar-refractivity contribution >= 4 is 11.6 Å². The molecule has 0 radical (unpaired) electrons. The molecule has 0 bridgehead atoms. The van der Waals surface area contributed by atoms with Crippen molar-refractivity contribution in [1.82, 2.24) is 5.32 Å². The third kappa shape index (κ3) is 2.53. The first-order valence-corrected chi connectivity index (χ1v) is 6.20. The van der Waals surface area contributed by atoms with Crippen LogP contribution < -0.4 is 5.32 Å². The minimum Gasteiger partial charge on any atom is -0.310 e. The number of unbranched alkanes of at least 4 members (excludes halogenated alkanes) is 1. The van der Waals surface area contributed by atoms with Crippen LogP contribution in [0.2, 0.25) is 5.02 Å². The van der Waals surface area contributed by atoms with Gasteiger partial charge in [0.05, 0.1) is 0 Å². The van der Waals surface area contributed by atoms with Crippen LogP contribution in [0.15, 0.2) is 18.2 Å². The van der Waals surface area contributed by atoms with E-state index in [1.165, 1.54) is 36.8 Å². The van der Waals surface area contributed by atoms with Gasteiger partial charge in [-0.2, -0.15) is 0 Å². The lowest BCUT2D eigenvalue weighted by atomic mass is 10.1. The highest BCUT2D eigenvalue weighted by Gasteiger charge is 2.21. The number of aryl methyl sites for hydroxylation is 1. The zero-order valence-electron chi connectivity index (χ0n) is 9.22. The van der Waals surface area contributed by atoms with Crippen LogP contribution in [0.3, 0.4) is 0 Å². The molecule has 2 heteroatoms. The Morgan fingerprint density at radius 3 is 3.13 bits per heavy atom. The van der Waals surface area contributed by atoms with Crippen LogP contribution in [0.25, 0.3) is 0 Å². The summed E-state index contributed by atoms with van der Waals surface area (Å²) in [5.74, 6) is 0. The summed E-state index contributed by atoms with van der Waals surface area (Å²) < 4.78 is 0. The van der Waals surface area contributed by atoms with E-state index in [2.05, 4.69) is 24.4 Å². The lowest BCUT2D eigenvalue weighted by Crippen LogP contribution is -2.20. The molecule has 0 amide bonds. The van der Waals surface area contributed by atoms with Gasteiger partial charge in [0.25, 0.3) is 0 Å². The van der Waals surface area contributed by atoms with Gasteiger partial charge in [0, 0.05) is 11.1 Å². The second-order valence-electron chi connectivity index (χ2n) is 4.24. The number of nitrogens with one attached hydrogen (secondary N) is 1. The summed E-state index contributed by atoms with van der Waals surface area (Å²) in [6, 6.07) is 6.81. The summed E-state index contributed by atoms with van der Waals surface area (Å²) in [6.07, 6.45) is 4.92. The Morgan fingerprint density at radius 2 is 2.33 bits per heavy atom. The minimum absolute atomic E-state index is 0.533. The van der Waals surface area contributed by atoms with Crippen molar-refractivity contribution in [3.8, 4) is 0 Å². The third-order valence-electron chi connectivity index (χ3n) is 3.11. The van der Waals surface area contributed by atoms with Gasteiger partial charge in [-0.25, -0.2) is 0 Å². The smallest absolute Gasteiger partial charge is 0.0409 e. The fourth-order valence-corrected chi connectivity index (χ4v) is 2.42. The van der Waals surface area contributed by atoms with E-state index in [4.69, 9.17) is 11.6 Å². The summed E-state index contributed by atoms with van der Waals surface area (Å²) >= 11 is 6.02. The van der Waals surface area contributed by atoms with Crippen molar-refractivity contribution in [1.29, 1.82) is 0 Å². The van der Waals surface area contributed by atoms with E-state index in [1.54, 1.807) is 0 Å². The third-order valence-corrected chi connectivity index (χ3v) is 3.34. The molecular weight excluding hydrogens is 206 g/mol. The maximum atomic E-state index is 6.02. The van der Waals surface area contributed by atoms with Crippen molar-refractivity contribution < 1.29 is 0 Å². The average Bonchev–Trinajstić information content (AvgIpc) is 2.62. The van der Waals surface area contributed by atoms with Crippen molar-refractivity contribution in [2.75, 3.05) is 6.54 Å². The molecule has 1 nitrogen and oxygen atoms in total. The monoisotopic (exact) mass is 223 g/mol. The number of fused-ring (bicyclic) bond motifs is 1. The zero-order chi connectivity index (χ0) is 10.7. The van der Waals surface area contributed by atoms with E-state index in [9.17, 15) is 0 Å². The number of hydrogen-bond acceptors (Lipinski definition) is 1. The van der Waals surface area contributed by atoms with Gasteiger partial charge >= 0.3 is 0 Å². The number of halogens is 1. The van der Waals surface area contributed by atoms with Crippen LogP contribution in [-0.4, -0.2) is 6.54 Å². The molecule has 0 aromatic heterocycles. The Labute approximate surface area is 96.8 Å². The molecule has 15 heavy (non-hydrogen) atoms. The lowest BCUT2D eigenvalue weighted by Gasteiger charge is -2.13. The molecule has 2 rings (SSSR count). The lowest BCUT2D eigenvalue weighted by molar-refractivity contribution is 0.518. The summed E-state index contributed by atoms with van der Waals surface area (Å²) in [5, 5.41) is 4.47. The molecule has 1 aliphatic rings. The van der Waals surface area contributed by atoms with E-state index < -0.39 is 0 Å². The Kier molecular flexibility index (Phi) is 3.66. The van der Waals surface area contributed by atoms with Gasteiger partial charge < -0.3 is 5.32 Å². The normalized spacial score (nSPS) is 19.2. The average molecular weight is 224 g/mol. The molecule has 1 N–H and O–H groups in total. The van der Waals surface area contributed by atoms with Crippen molar-refractivity contribution in [2.45, 2.75) is 38.6 Å². The minimum atomic E-state index is 0.533. The van der Waals surface area contributed by atoms with Gasteiger partial charge in [0.1, 0.15) is 0 Å². The molecular formula is C13H18ClN.